The van der Waals surface area contributed by atoms with Crippen LogP contribution in [0.25, 0.3) is 16.9 Å². The van der Waals surface area contributed by atoms with E-state index in [2.05, 4.69) is 15.2 Å². The average Bonchev–Trinajstić information content (AvgIpc) is 2.81. The zero-order valence-electron chi connectivity index (χ0n) is 9.63. The van der Waals surface area contributed by atoms with Gasteiger partial charge in [-0.05, 0) is 30.7 Å². The van der Waals surface area contributed by atoms with Gasteiger partial charge in [0.25, 0.3) is 0 Å². The molecule has 3 aromatic rings. The van der Waals surface area contributed by atoms with Crippen LogP contribution in [0.15, 0.2) is 30.6 Å². The molecule has 90 valence electrons. The summed E-state index contributed by atoms with van der Waals surface area (Å²) in [7, 11) is 0. The summed E-state index contributed by atoms with van der Waals surface area (Å²) in [5, 5.41) is 7.69. The molecule has 1 aromatic carbocycles. The first-order chi connectivity index (χ1) is 8.65. The Morgan fingerprint density at radius 1 is 1.28 bits per heavy atom. The molecule has 2 heterocycles. The van der Waals surface area contributed by atoms with Crippen LogP contribution in [-0.4, -0.2) is 19.6 Å². The quantitative estimate of drug-likeness (QED) is 0.707. The summed E-state index contributed by atoms with van der Waals surface area (Å²) in [6.45, 7) is 1.71. The van der Waals surface area contributed by atoms with Crippen LogP contribution in [0.3, 0.4) is 0 Å². The highest BCUT2D eigenvalue weighted by Gasteiger charge is 2.08. The highest BCUT2D eigenvalue weighted by molar-refractivity contribution is 5.65. The lowest BCUT2D eigenvalue weighted by molar-refractivity contribution is 0.619. The molecule has 18 heavy (non-hydrogen) atoms. The molecule has 0 radical (unpaired) electrons. The Hall–Kier alpha value is -2.50. The molecule has 0 saturated carbocycles. The Bertz CT molecular complexity index is 734. The number of aryl methyl sites for hydroxylation is 1. The predicted molar refractivity (Wildman–Crippen MR) is 65.3 cm³/mol. The number of halogens is 1. The second-order valence-electron chi connectivity index (χ2n) is 4.02. The first-order valence-electron chi connectivity index (χ1n) is 5.38. The smallest absolute Gasteiger partial charge is 0.207 e. The molecule has 3 rings (SSSR count). The molecule has 0 aliphatic heterocycles. The van der Waals surface area contributed by atoms with Crippen LogP contribution in [0.2, 0.25) is 0 Å². The molecule has 0 bridgehead atoms. The van der Waals surface area contributed by atoms with Crippen LogP contribution in [-0.2, 0) is 0 Å². The van der Waals surface area contributed by atoms with Crippen LogP contribution < -0.4 is 5.73 Å². The summed E-state index contributed by atoms with van der Waals surface area (Å²) in [5.74, 6) is 0.0600. The van der Waals surface area contributed by atoms with E-state index in [1.165, 1.54) is 12.4 Å². The third-order valence-corrected chi connectivity index (χ3v) is 2.78. The summed E-state index contributed by atoms with van der Waals surface area (Å²) in [5.41, 5.74) is 8.43. The van der Waals surface area contributed by atoms with Gasteiger partial charge >= 0.3 is 0 Å². The van der Waals surface area contributed by atoms with Crippen LogP contribution in [0.4, 0.5) is 10.3 Å². The Morgan fingerprint density at radius 3 is 2.89 bits per heavy atom. The topological polar surface area (TPSA) is 69.1 Å². The second-order valence-corrected chi connectivity index (χ2v) is 4.02. The number of anilines is 1. The minimum atomic E-state index is -0.240. The summed E-state index contributed by atoms with van der Waals surface area (Å²) in [6, 6.07) is 6.56. The van der Waals surface area contributed by atoms with E-state index in [-0.39, 0.29) is 5.82 Å². The van der Waals surface area contributed by atoms with E-state index in [9.17, 15) is 4.39 Å². The van der Waals surface area contributed by atoms with Gasteiger partial charge in [0.1, 0.15) is 12.1 Å². The number of benzene rings is 1. The molecule has 0 amide bonds. The van der Waals surface area contributed by atoms with Crippen LogP contribution in [0.5, 0.6) is 0 Å². The zero-order chi connectivity index (χ0) is 12.7. The Labute approximate surface area is 102 Å². The molecular weight excluding hydrogens is 233 g/mol. The molecule has 0 spiro atoms. The maximum absolute atomic E-state index is 13.2. The number of nitrogens with two attached hydrogens (primary N) is 1. The molecule has 6 heteroatoms. The van der Waals surface area contributed by atoms with Crippen molar-refractivity contribution >= 4 is 11.6 Å². The maximum Gasteiger partial charge on any atom is 0.207 e. The number of nitrogen functional groups attached to an aromatic ring is 1. The van der Waals surface area contributed by atoms with Gasteiger partial charge in [-0.1, -0.05) is 0 Å². The van der Waals surface area contributed by atoms with Gasteiger partial charge < -0.3 is 5.73 Å². The van der Waals surface area contributed by atoms with E-state index in [0.717, 1.165) is 5.56 Å². The molecule has 2 aromatic heterocycles. The highest BCUT2D eigenvalue weighted by atomic mass is 19.1. The first-order valence-corrected chi connectivity index (χ1v) is 5.38. The number of rotatable bonds is 1. The molecule has 2 N–H and O–H groups in total. The van der Waals surface area contributed by atoms with Crippen molar-refractivity contribution in [1.82, 2.24) is 19.6 Å². The van der Waals surface area contributed by atoms with Gasteiger partial charge in [0.05, 0.1) is 5.69 Å². The average molecular weight is 243 g/mol. The number of nitrogens with zero attached hydrogens (tertiary/aromatic N) is 4. The van der Waals surface area contributed by atoms with Crippen molar-refractivity contribution in [2.24, 2.45) is 0 Å². The van der Waals surface area contributed by atoms with Gasteiger partial charge in [0, 0.05) is 11.6 Å². The number of hydrogen-bond acceptors (Lipinski definition) is 4. The van der Waals surface area contributed by atoms with Crippen LogP contribution >= 0.6 is 0 Å². The molecule has 0 fully saturated rings. The Balaban J connectivity index is 2.21. The third kappa shape index (κ3) is 1.58. The van der Waals surface area contributed by atoms with E-state index in [1.807, 2.05) is 0 Å². The number of aromatic nitrogens is 4. The Morgan fingerprint density at radius 2 is 2.11 bits per heavy atom. The zero-order valence-corrected chi connectivity index (χ0v) is 9.63. The monoisotopic (exact) mass is 243 g/mol. The predicted octanol–water partition coefficient (Wildman–Crippen LogP) is 1.82. The van der Waals surface area contributed by atoms with Gasteiger partial charge in [0.2, 0.25) is 5.95 Å². The Kier molecular flexibility index (Phi) is 2.22. The van der Waals surface area contributed by atoms with Gasteiger partial charge in [-0.15, -0.1) is 10.2 Å². The standard InChI is InChI=1S/C12H10FN5/c1-7-4-8(2-3-9(7)13)10-5-11-17-15-6-18(11)12(14)16-10/h2-6H,1H3,(H2,14,16). The SMILES string of the molecule is Cc1cc(-c2cc3nncn3c(N)n2)ccc1F. The van der Waals surface area contributed by atoms with Crippen molar-refractivity contribution in [1.29, 1.82) is 0 Å². The molecule has 0 saturated heterocycles. The second kappa shape index (κ2) is 3.76. The normalized spacial score (nSPS) is 11.0. The fourth-order valence-corrected chi connectivity index (χ4v) is 1.80. The molecule has 0 aliphatic carbocycles. The third-order valence-electron chi connectivity index (χ3n) is 2.78. The summed E-state index contributed by atoms with van der Waals surface area (Å²) in [6.07, 6.45) is 1.50. The van der Waals surface area contributed by atoms with Crippen molar-refractivity contribution < 1.29 is 4.39 Å². The lowest BCUT2D eigenvalue weighted by Gasteiger charge is -2.05. The van der Waals surface area contributed by atoms with E-state index in [0.29, 0.717) is 22.9 Å². The van der Waals surface area contributed by atoms with E-state index in [1.54, 1.807) is 29.5 Å². The molecule has 0 unspecified atom stereocenters. The lowest BCUT2D eigenvalue weighted by Crippen LogP contribution is -2.01. The fourth-order valence-electron chi connectivity index (χ4n) is 1.80. The minimum absolute atomic E-state index is 0.240. The largest absolute Gasteiger partial charge is 0.369 e. The maximum atomic E-state index is 13.2. The molecule has 0 atom stereocenters. The highest BCUT2D eigenvalue weighted by Crippen LogP contribution is 2.22. The lowest BCUT2D eigenvalue weighted by atomic mass is 10.1. The van der Waals surface area contributed by atoms with Crippen LogP contribution in [0.1, 0.15) is 5.56 Å². The van der Waals surface area contributed by atoms with Gasteiger partial charge in [-0.25, -0.2) is 9.37 Å². The van der Waals surface area contributed by atoms with Crippen molar-refractivity contribution in [3.63, 3.8) is 0 Å². The minimum Gasteiger partial charge on any atom is -0.369 e. The molecule has 0 aliphatic rings. The van der Waals surface area contributed by atoms with Crippen LogP contribution in [0, 0.1) is 12.7 Å². The summed E-state index contributed by atoms with van der Waals surface area (Å²) < 4.78 is 14.8. The summed E-state index contributed by atoms with van der Waals surface area (Å²) in [4.78, 5) is 4.25. The molecule has 5 nitrogen and oxygen atoms in total. The first kappa shape index (κ1) is 10.6. The van der Waals surface area contributed by atoms with Gasteiger partial charge in [-0.2, -0.15) is 0 Å². The number of hydrogen-bond donors (Lipinski definition) is 1. The van der Waals surface area contributed by atoms with E-state index < -0.39 is 0 Å². The van der Waals surface area contributed by atoms with Gasteiger partial charge in [0.15, 0.2) is 5.65 Å². The number of fused-ring (bicyclic) bond motifs is 1. The van der Waals surface area contributed by atoms with Crippen molar-refractivity contribution in [2.75, 3.05) is 5.73 Å². The van der Waals surface area contributed by atoms with Crippen molar-refractivity contribution in [3.8, 4) is 11.3 Å². The fraction of sp³-hybridized carbons (Fsp3) is 0.0833. The molecular formula is C12H10FN5. The van der Waals surface area contributed by atoms with E-state index in [4.69, 9.17) is 5.73 Å². The van der Waals surface area contributed by atoms with Crippen molar-refractivity contribution in [3.05, 3.63) is 42.0 Å². The summed E-state index contributed by atoms with van der Waals surface area (Å²) >= 11 is 0. The van der Waals surface area contributed by atoms with E-state index >= 15 is 0 Å². The van der Waals surface area contributed by atoms with Crippen molar-refractivity contribution in [2.45, 2.75) is 6.92 Å². The van der Waals surface area contributed by atoms with Gasteiger partial charge in [-0.3, -0.25) is 4.40 Å².